The number of hydrogen-bond donors (Lipinski definition) is 1. The van der Waals surface area contributed by atoms with Gasteiger partial charge >= 0.3 is 11.9 Å². The largest absolute Gasteiger partial charge is 0.481 e. The maximum atomic E-state index is 10.0. The zero-order valence-electron chi connectivity index (χ0n) is 10.9. The third-order valence-electron chi connectivity index (χ3n) is 1.86. The molecule has 0 spiro atoms. The van der Waals surface area contributed by atoms with Gasteiger partial charge in [-0.1, -0.05) is 39.2 Å². The van der Waals surface area contributed by atoms with Gasteiger partial charge in [-0.05, 0) is 6.42 Å². The Morgan fingerprint density at radius 3 is 2.06 bits per heavy atom. The van der Waals surface area contributed by atoms with E-state index in [0.717, 1.165) is 18.9 Å². The Bertz CT molecular complexity index is 205. The monoisotopic (exact) mass is 294 g/mol. The number of rotatable bonds is 7. The fourth-order valence-corrected chi connectivity index (χ4v) is 0.963. The summed E-state index contributed by atoms with van der Waals surface area (Å²) in [6.07, 6.45) is 7.00. The number of methoxy groups -OCH3 is 1. The summed E-state index contributed by atoms with van der Waals surface area (Å²) >= 11 is 0. The van der Waals surface area contributed by atoms with E-state index in [1.165, 1.54) is 26.4 Å². The first-order valence-electron chi connectivity index (χ1n) is 5.50. The van der Waals surface area contributed by atoms with E-state index in [0.29, 0.717) is 6.42 Å². The molecule has 0 amide bonds. The Balaban J connectivity index is -0.000000244. The summed E-state index contributed by atoms with van der Waals surface area (Å²) < 4.78 is 4.14. The average molecular weight is 296 g/mol. The van der Waals surface area contributed by atoms with E-state index in [-0.39, 0.29) is 19.5 Å². The van der Waals surface area contributed by atoms with Crippen LogP contribution in [0, 0.1) is 0 Å². The molecule has 0 fully saturated rings. The van der Waals surface area contributed by atoms with Gasteiger partial charge < -0.3 is 9.84 Å². The van der Waals surface area contributed by atoms with Gasteiger partial charge in [0.15, 0.2) is 0 Å². The van der Waals surface area contributed by atoms with E-state index in [1.54, 1.807) is 0 Å². The molecular formula is C12H22O4Zn. The number of carboxylic acids is 1. The molecule has 17 heavy (non-hydrogen) atoms. The fraction of sp³-hybridized carbons (Fsp3) is 0.667. The summed E-state index contributed by atoms with van der Waals surface area (Å²) in [6.45, 7) is 5.31. The van der Waals surface area contributed by atoms with Gasteiger partial charge in [0.05, 0.1) is 7.11 Å². The molecule has 0 aliphatic rings. The van der Waals surface area contributed by atoms with Crippen LogP contribution in [0.25, 0.3) is 0 Å². The average Bonchev–Trinajstić information content (AvgIpc) is 2.28. The van der Waals surface area contributed by atoms with Crippen LogP contribution in [0.1, 0.15) is 45.4 Å². The van der Waals surface area contributed by atoms with Gasteiger partial charge in [0.25, 0.3) is 0 Å². The molecule has 0 radical (unpaired) electrons. The van der Waals surface area contributed by atoms with Gasteiger partial charge in [-0.3, -0.25) is 4.79 Å². The van der Waals surface area contributed by atoms with Crippen LogP contribution in [0.4, 0.5) is 0 Å². The van der Waals surface area contributed by atoms with Gasteiger partial charge in [-0.15, -0.1) is 0 Å². The molecule has 0 atom stereocenters. The molecule has 0 rings (SSSR count). The quantitative estimate of drug-likeness (QED) is 0.339. The number of aliphatic carboxylic acids is 1. The van der Waals surface area contributed by atoms with Crippen LogP contribution in [0.15, 0.2) is 12.7 Å². The molecule has 0 saturated carbocycles. The number of carbonyl (C=O) groups is 2. The SMILES string of the molecule is C=CC(=O)OC.CCCCCCCC(=O)O.[Zn]. The molecule has 0 aliphatic carbocycles. The summed E-state index contributed by atoms with van der Waals surface area (Å²) in [5.41, 5.74) is 0. The molecule has 0 unspecified atom stereocenters. The Morgan fingerprint density at radius 2 is 1.76 bits per heavy atom. The van der Waals surface area contributed by atoms with E-state index >= 15 is 0 Å². The molecule has 0 aliphatic heterocycles. The Labute approximate surface area is 116 Å². The van der Waals surface area contributed by atoms with E-state index < -0.39 is 11.9 Å². The summed E-state index contributed by atoms with van der Waals surface area (Å²) in [4.78, 5) is 19.9. The standard InChI is InChI=1S/C8H16O2.C4H6O2.Zn/c1-2-3-4-5-6-7-8(9)10;1-3-4(5)6-2;/h2-7H2,1H3,(H,9,10);3H,1H2,2H3;. The number of esters is 1. The van der Waals surface area contributed by atoms with E-state index in [1.807, 2.05) is 0 Å². The second-order valence-corrected chi connectivity index (χ2v) is 3.29. The van der Waals surface area contributed by atoms with Crippen molar-refractivity contribution in [2.45, 2.75) is 45.4 Å². The maximum Gasteiger partial charge on any atom is 0.329 e. The topological polar surface area (TPSA) is 63.6 Å². The molecule has 0 aromatic rings. The van der Waals surface area contributed by atoms with Crippen molar-refractivity contribution in [3.8, 4) is 0 Å². The summed E-state index contributed by atoms with van der Waals surface area (Å²) in [6, 6.07) is 0. The van der Waals surface area contributed by atoms with Crippen molar-refractivity contribution in [2.75, 3.05) is 7.11 Å². The summed E-state index contributed by atoms with van der Waals surface area (Å²) in [5.74, 6) is -1.06. The van der Waals surface area contributed by atoms with Crippen molar-refractivity contribution in [3.05, 3.63) is 12.7 Å². The molecule has 0 aromatic carbocycles. The second-order valence-electron chi connectivity index (χ2n) is 3.29. The van der Waals surface area contributed by atoms with Crippen molar-refractivity contribution >= 4 is 11.9 Å². The number of ether oxygens (including phenoxy) is 1. The Morgan fingerprint density at radius 1 is 1.24 bits per heavy atom. The van der Waals surface area contributed by atoms with Crippen LogP contribution in [0.3, 0.4) is 0 Å². The van der Waals surface area contributed by atoms with Gasteiger partial charge in [0, 0.05) is 32.0 Å². The third kappa shape index (κ3) is 25.5. The number of carboxylic acid groups (broad SMARTS) is 1. The maximum absolute atomic E-state index is 10.0. The van der Waals surface area contributed by atoms with E-state index in [9.17, 15) is 9.59 Å². The van der Waals surface area contributed by atoms with Crippen molar-refractivity contribution in [1.82, 2.24) is 0 Å². The van der Waals surface area contributed by atoms with Crippen molar-refractivity contribution in [3.63, 3.8) is 0 Å². The molecule has 5 heteroatoms. The molecule has 96 valence electrons. The van der Waals surface area contributed by atoms with Crippen molar-refractivity contribution in [1.29, 1.82) is 0 Å². The first-order chi connectivity index (χ1) is 7.58. The molecule has 1 N–H and O–H groups in total. The molecule has 0 heterocycles. The van der Waals surface area contributed by atoms with Crippen LogP contribution < -0.4 is 0 Å². The molecule has 4 nitrogen and oxygen atoms in total. The first-order valence-corrected chi connectivity index (χ1v) is 5.50. The van der Waals surface area contributed by atoms with Gasteiger partial charge in [0.2, 0.25) is 0 Å². The van der Waals surface area contributed by atoms with Crippen LogP contribution in [0.2, 0.25) is 0 Å². The predicted octanol–water partition coefficient (Wildman–Crippen LogP) is 2.77. The van der Waals surface area contributed by atoms with Crippen molar-refractivity contribution in [2.24, 2.45) is 0 Å². The third-order valence-corrected chi connectivity index (χ3v) is 1.86. The van der Waals surface area contributed by atoms with Gasteiger partial charge in [-0.2, -0.15) is 0 Å². The fourth-order valence-electron chi connectivity index (χ4n) is 0.963. The minimum absolute atomic E-state index is 0. The first kappa shape index (κ1) is 21.6. The van der Waals surface area contributed by atoms with E-state index in [4.69, 9.17) is 5.11 Å². The second kappa shape index (κ2) is 17.7. The zero-order valence-corrected chi connectivity index (χ0v) is 13.9. The van der Waals surface area contributed by atoms with Gasteiger partial charge in [0.1, 0.15) is 0 Å². The normalized spacial score (nSPS) is 8.12. The van der Waals surface area contributed by atoms with Crippen molar-refractivity contribution < 1.29 is 38.9 Å². The minimum Gasteiger partial charge on any atom is -0.481 e. The minimum atomic E-state index is -0.670. The van der Waals surface area contributed by atoms with Crippen LogP contribution in [-0.4, -0.2) is 24.2 Å². The summed E-state index contributed by atoms with van der Waals surface area (Å²) in [5, 5.41) is 8.27. The van der Waals surface area contributed by atoms with Crippen LogP contribution >= 0.6 is 0 Å². The Hall–Kier alpha value is -0.697. The van der Waals surface area contributed by atoms with Gasteiger partial charge in [-0.25, -0.2) is 4.79 Å². The molecular weight excluding hydrogens is 274 g/mol. The number of hydrogen-bond acceptors (Lipinski definition) is 3. The Kier molecular flexibility index (Phi) is 22.5. The summed E-state index contributed by atoms with van der Waals surface area (Å²) in [7, 11) is 1.31. The predicted molar refractivity (Wildman–Crippen MR) is 63.2 cm³/mol. The van der Waals surface area contributed by atoms with Crippen LogP contribution in [0.5, 0.6) is 0 Å². The number of unbranched alkanes of at least 4 members (excludes halogenated alkanes) is 4. The van der Waals surface area contributed by atoms with E-state index in [2.05, 4.69) is 18.2 Å². The molecule has 0 saturated heterocycles. The molecule has 0 bridgehead atoms. The molecule has 0 aromatic heterocycles. The zero-order chi connectivity index (χ0) is 12.8. The smallest absolute Gasteiger partial charge is 0.329 e. The number of carbonyl (C=O) groups excluding carboxylic acids is 1. The van der Waals surface area contributed by atoms with Crippen LogP contribution in [-0.2, 0) is 33.8 Å².